The topological polar surface area (TPSA) is 17.1 Å². The maximum atomic E-state index is 13.1. The number of hydrogen-bond acceptors (Lipinski definition) is 1. The van der Waals surface area contributed by atoms with Crippen LogP contribution in [0.2, 0.25) is 0 Å². The van der Waals surface area contributed by atoms with Gasteiger partial charge in [-0.05, 0) is 42.3 Å². The Balaban J connectivity index is 2.28. The van der Waals surface area contributed by atoms with Gasteiger partial charge < -0.3 is 0 Å². The van der Waals surface area contributed by atoms with Crippen molar-refractivity contribution < 1.29 is 18.0 Å². The molecule has 0 heterocycles. The molecule has 0 radical (unpaired) electrons. The number of aryl methyl sites for hydroxylation is 1. The summed E-state index contributed by atoms with van der Waals surface area (Å²) in [4.78, 5) is 11.9. The highest BCUT2D eigenvalue weighted by atomic mass is 19.1. The highest BCUT2D eigenvalue weighted by Gasteiger charge is 2.12. The van der Waals surface area contributed by atoms with Crippen LogP contribution < -0.4 is 0 Å². The van der Waals surface area contributed by atoms with Crippen LogP contribution in [0.25, 0.3) is 0 Å². The van der Waals surface area contributed by atoms with Crippen LogP contribution in [-0.4, -0.2) is 5.78 Å². The Kier molecular flexibility index (Phi) is 3.69. The van der Waals surface area contributed by atoms with Crippen molar-refractivity contribution in [3.8, 4) is 0 Å². The van der Waals surface area contributed by atoms with E-state index in [1.54, 1.807) is 13.0 Å². The lowest BCUT2D eigenvalue weighted by atomic mass is 9.99. The molecule has 0 unspecified atom stereocenters. The molecular formula is C15H11F3O. The lowest BCUT2D eigenvalue weighted by Crippen LogP contribution is -2.06. The quantitative estimate of drug-likeness (QED) is 0.770. The number of halogens is 3. The van der Waals surface area contributed by atoms with E-state index in [-0.39, 0.29) is 12.0 Å². The summed E-state index contributed by atoms with van der Waals surface area (Å²) in [6.07, 6.45) is -0.0908. The molecule has 2 aromatic rings. The molecule has 0 aliphatic heterocycles. The van der Waals surface area contributed by atoms with Gasteiger partial charge in [0.15, 0.2) is 5.78 Å². The fourth-order valence-electron chi connectivity index (χ4n) is 1.82. The van der Waals surface area contributed by atoms with Gasteiger partial charge in [0.1, 0.15) is 17.5 Å². The van der Waals surface area contributed by atoms with E-state index in [1.807, 2.05) is 0 Å². The Hall–Kier alpha value is -2.10. The molecule has 0 atom stereocenters. The van der Waals surface area contributed by atoms with E-state index in [4.69, 9.17) is 0 Å². The molecule has 1 nitrogen and oxygen atoms in total. The molecule has 2 aromatic carbocycles. The molecule has 0 N–H and O–H groups in total. The number of Topliss-reactive ketones (excluding diaryl/α,β-unsaturated/α-hetero) is 1. The molecule has 0 amide bonds. The summed E-state index contributed by atoms with van der Waals surface area (Å²) < 4.78 is 39.1. The molecule has 0 fully saturated rings. The van der Waals surface area contributed by atoms with Gasteiger partial charge in [0, 0.05) is 18.1 Å². The smallest absolute Gasteiger partial charge is 0.167 e. The molecule has 0 aromatic heterocycles. The number of benzene rings is 2. The molecule has 0 aliphatic rings. The van der Waals surface area contributed by atoms with E-state index < -0.39 is 23.2 Å². The first-order chi connectivity index (χ1) is 8.95. The second-order valence-electron chi connectivity index (χ2n) is 4.33. The highest BCUT2D eigenvalue weighted by molar-refractivity contribution is 5.97. The second-order valence-corrected chi connectivity index (χ2v) is 4.33. The van der Waals surface area contributed by atoms with Crippen molar-refractivity contribution in [2.24, 2.45) is 0 Å². The fraction of sp³-hybridized carbons (Fsp3) is 0.133. The molecule has 19 heavy (non-hydrogen) atoms. The summed E-state index contributed by atoms with van der Waals surface area (Å²) in [7, 11) is 0. The molecule has 98 valence electrons. The van der Waals surface area contributed by atoms with Crippen molar-refractivity contribution in [1.29, 1.82) is 0 Å². The Labute approximate surface area is 108 Å². The third kappa shape index (κ3) is 3.22. The van der Waals surface area contributed by atoms with Crippen LogP contribution >= 0.6 is 0 Å². The van der Waals surface area contributed by atoms with E-state index in [1.165, 1.54) is 12.1 Å². The van der Waals surface area contributed by atoms with Crippen LogP contribution in [0.1, 0.15) is 21.5 Å². The third-order valence-corrected chi connectivity index (χ3v) is 2.85. The zero-order chi connectivity index (χ0) is 14.0. The largest absolute Gasteiger partial charge is 0.294 e. The van der Waals surface area contributed by atoms with Crippen LogP contribution in [0.4, 0.5) is 13.2 Å². The van der Waals surface area contributed by atoms with Crippen LogP contribution in [0.3, 0.4) is 0 Å². The van der Waals surface area contributed by atoms with E-state index in [2.05, 4.69) is 0 Å². The lowest BCUT2D eigenvalue weighted by Gasteiger charge is -2.06. The Morgan fingerprint density at radius 1 is 0.947 bits per heavy atom. The minimum atomic E-state index is -0.806. The molecule has 2 rings (SSSR count). The molecular weight excluding hydrogens is 253 g/mol. The molecule has 0 saturated carbocycles. The normalized spacial score (nSPS) is 10.5. The van der Waals surface area contributed by atoms with Crippen LogP contribution in [-0.2, 0) is 6.42 Å². The van der Waals surface area contributed by atoms with Crippen LogP contribution in [0.5, 0.6) is 0 Å². The first-order valence-corrected chi connectivity index (χ1v) is 5.70. The van der Waals surface area contributed by atoms with E-state index in [0.717, 1.165) is 17.7 Å². The van der Waals surface area contributed by atoms with Crippen molar-refractivity contribution >= 4 is 5.78 Å². The monoisotopic (exact) mass is 264 g/mol. The van der Waals surface area contributed by atoms with Crippen molar-refractivity contribution in [2.75, 3.05) is 0 Å². The first kappa shape index (κ1) is 13.3. The van der Waals surface area contributed by atoms with E-state index in [0.29, 0.717) is 11.6 Å². The zero-order valence-electron chi connectivity index (χ0n) is 10.2. The maximum Gasteiger partial charge on any atom is 0.167 e. The fourth-order valence-corrected chi connectivity index (χ4v) is 1.82. The standard InChI is InChI=1S/C15H11F3O/c1-9-2-3-12(16)4-10(9)7-15(19)11-5-13(17)8-14(18)6-11/h2-6,8H,7H2,1H3. The van der Waals surface area contributed by atoms with Gasteiger partial charge in [-0.2, -0.15) is 0 Å². The third-order valence-electron chi connectivity index (χ3n) is 2.85. The van der Waals surface area contributed by atoms with Gasteiger partial charge in [0.2, 0.25) is 0 Å². The van der Waals surface area contributed by atoms with Crippen molar-refractivity contribution in [3.63, 3.8) is 0 Å². The van der Waals surface area contributed by atoms with Gasteiger partial charge in [-0.1, -0.05) is 6.07 Å². The average Bonchev–Trinajstić information content (AvgIpc) is 2.32. The Bertz CT molecular complexity index is 615. The summed E-state index contributed by atoms with van der Waals surface area (Å²) in [5.41, 5.74) is 1.21. The van der Waals surface area contributed by atoms with Gasteiger partial charge in [-0.3, -0.25) is 4.79 Å². The van der Waals surface area contributed by atoms with Gasteiger partial charge in [-0.25, -0.2) is 13.2 Å². The predicted octanol–water partition coefficient (Wildman–Crippen LogP) is 3.84. The Morgan fingerprint density at radius 2 is 1.58 bits per heavy atom. The van der Waals surface area contributed by atoms with Crippen LogP contribution in [0.15, 0.2) is 36.4 Å². The zero-order valence-corrected chi connectivity index (χ0v) is 10.2. The average molecular weight is 264 g/mol. The number of carbonyl (C=O) groups is 1. The summed E-state index contributed by atoms with van der Waals surface area (Å²) in [5.74, 6) is -2.51. The minimum Gasteiger partial charge on any atom is -0.294 e. The Morgan fingerprint density at radius 3 is 2.21 bits per heavy atom. The molecule has 0 spiro atoms. The summed E-state index contributed by atoms with van der Waals surface area (Å²) in [6, 6.07) is 6.75. The summed E-state index contributed by atoms with van der Waals surface area (Å²) >= 11 is 0. The van der Waals surface area contributed by atoms with Gasteiger partial charge in [0.05, 0.1) is 0 Å². The van der Waals surface area contributed by atoms with Gasteiger partial charge >= 0.3 is 0 Å². The number of carbonyl (C=O) groups excluding carboxylic acids is 1. The minimum absolute atomic E-state index is 0.0545. The molecule has 0 aliphatic carbocycles. The van der Waals surface area contributed by atoms with Crippen molar-refractivity contribution in [2.45, 2.75) is 13.3 Å². The first-order valence-electron chi connectivity index (χ1n) is 5.70. The van der Waals surface area contributed by atoms with Gasteiger partial charge in [0.25, 0.3) is 0 Å². The molecule has 4 heteroatoms. The number of ketones is 1. The second kappa shape index (κ2) is 5.26. The number of hydrogen-bond donors (Lipinski definition) is 0. The number of rotatable bonds is 3. The molecule has 0 saturated heterocycles. The maximum absolute atomic E-state index is 13.1. The van der Waals surface area contributed by atoms with Crippen molar-refractivity contribution in [3.05, 3.63) is 70.5 Å². The van der Waals surface area contributed by atoms with Crippen molar-refractivity contribution in [1.82, 2.24) is 0 Å². The molecule has 0 bridgehead atoms. The van der Waals surface area contributed by atoms with Gasteiger partial charge in [-0.15, -0.1) is 0 Å². The van der Waals surface area contributed by atoms with Crippen LogP contribution in [0, 0.1) is 24.4 Å². The SMILES string of the molecule is Cc1ccc(F)cc1CC(=O)c1cc(F)cc(F)c1. The summed E-state index contributed by atoms with van der Waals surface area (Å²) in [5, 5.41) is 0. The van der Waals surface area contributed by atoms with E-state index >= 15 is 0 Å². The lowest BCUT2D eigenvalue weighted by molar-refractivity contribution is 0.0992. The highest BCUT2D eigenvalue weighted by Crippen LogP contribution is 2.15. The van der Waals surface area contributed by atoms with E-state index in [9.17, 15) is 18.0 Å². The summed E-state index contributed by atoms with van der Waals surface area (Å²) in [6.45, 7) is 1.74. The predicted molar refractivity (Wildman–Crippen MR) is 65.5 cm³/mol.